The Morgan fingerprint density at radius 3 is 2.54 bits per heavy atom. The summed E-state index contributed by atoms with van der Waals surface area (Å²) >= 11 is 0. The van der Waals surface area contributed by atoms with Gasteiger partial charge in [0.25, 0.3) is 0 Å². The van der Waals surface area contributed by atoms with Crippen LogP contribution in [0.5, 0.6) is 5.75 Å². The number of methoxy groups -OCH3 is 1. The Hall–Kier alpha value is -2.69. The number of carbonyl (C=O) groups excluding carboxylic acids is 2. The van der Waals surface area contributed by atoms with Crippen LogP contribution in [0.4, 0.5) is 0 Å². The van der Waals surface area contributed by atoms with Gasteiger partial charge in [0, 0.05) is 43.4 Å². The maximum Gasteiger partial charge on any atom is 0.223 e. The van der Waals surface area contributed by atoms with E-state index < -0.39 is 0 Å². The normalized spacial score (nSPS) is 13.3. The molecule has 26 heavy (non-hydrogen) atoms. The Balaban J connectivity index is 1.49. The number of Topliss-reactive ketones (excluding diaryl/α,β-unsaturated/α-hetero) is 1. The first-order valence-corrected chi connectivity index (χ1v) is 9.03. The molecular formula is C21H24N2O3. The highest BCUT2D eigenvalue weighted by Crippen LogP contribution is 2.29. The van der Waals surface area contributed by atoms with Gasteiger partial charge < -0.3 is 9.64 Å². The Kier molecular flexibility index (Phi) is 6.00. The van der Waals surface area contributed by atoms with Crippen molar-refractivity contribution < 1.29 is 14.3 Å². The maximum atomic E-state index is 12.6. The van der Waals surface area contributed by atoms with Crippen LogP contribution in [0.25, 0.3) is 0 Å². The van der Waals surface area contributed by atoms with Gasteiger partial charge in [-0.05, 0) is 55.2 Å². The van der Waals surface area contributed by atoms with Gasteiger partial charge in [0.05, 0.1) is 7.11 Å². The third-order valence-electron chi connectivity index (χ3n) is 4.59. The number of pyridine rings is 1. The zero-order chi connectivity index (χ0) is 18.4. The molecule has 1 aliphatic carbocycles. The van der Waals surface area contributed by atoms with Crippen LogP contribution in [-0.4, -0.2) is 34.7 Å². The van der Waals surface area contributed by atoms with Gasteiger partial charge in [-0.15, -0.1) is 0 Å². The summed E-state index contributed by atoms with van der Waals surface area (Å²) in [4.78, 5) is 30.9. The van der Waals surface area contributed by atoms with Crippen molar-refractivity contribution in [2.24, 2.45) is 0 Å². The summed E-state index contributed by atoms with van der Waals surface area (Å²) in [7, 11) is 1.60. The fraction of sp³-hybridized carbons (Fsp3) is 0.381. The van der Waals surface area contributed by atoms with Gasteiger partial charge in [0.15, 0.2) is 5.78 Å². The summed E-state index contributed by atoms with van der Waals surface area (Å²) in [6.07, 6.45) is 7.02. The summed E-state index contributed by atoms with van der Waals surface area (Å²) in [6, 6.07) is 11.3. The molecule has 0 saturated heterocycles. The van der Waals surface area contributed by atoms with Crippen LogP contribution in [-0.2, 0) is 11.3 Å². The molecule has 0 bridgehead atoms. The first-order chi connectivity index (χ1) is 12.7. The van der Waals surface area contributed by atoms with Crippen molar-refractivity contribution in [1.82, 2.24) is 9.88 Å². The van der Waals surface area contributed by atoms with Crippen LogP contribution >= 0.6 is 0 Å². The van der Waals surface area contributed by atoms with Crippen LogP contribution in [0.1, 0.15) is 48.0 Å². The molecule has 1 saturated carbocycles. The van der Waals surface area contributed by atoms with E-state index in [2.05, 4.69) is 4.98 Å². The first kappa shape index (κ1) is 18.1. The lowest BCUT2D eigenvalue weighted by Crippen LogP contribution is -2.32. The lowest BCUT2D eigenvalue weighted by atomic mass is 10.0. The second-order valence-electron chi connectivity index (χ2n) is 6.62. The van der Waals surface area contributed by atoms with E-state index in [9.17, 15) is 9.59 Å². The van der Waals surface area contributed by atoms with E-state index in [0.717, 1.165) is 24.2 Å². The zero-order valence-corrected chi connectivity index (χ0v) is 15.1. The molecule has 3 rings (SSSR count). The number of nitrogens with zero attached hydrogens (tertiary/aromatic N) is 2. The van der Waals surface area contributed by atoms with E-state index >= 15 is 0 Å². The Morgan fingerprint density at radius 2 is 1.92 bits per heavy atom. The predicted molar refractivity (Wildman–Crippen MR) is 99.0 cm³/mol. The number of carbonyl (C=O) groups is 2. The topological polar surface area (TPSA) is 59.5 Å². The van der Waals surface area contributed by atoms with E-state index in [1.54, 1.807) is 43.8 Å². The van der Waals surface area contributed by atoms with E-state index in [1.807, 2.05) is 17.0 Å². The van der Waals surface area contributed by atoms with Gasteiger partial charge in [0.1, 0.15) is 5.75 Å². The molecule has 1 aromatic heterocycles. The third kappa shape index (κ3) is 4.91. The predicted octanol–water partition coefficient (Wildman–Crippen LogP) is 3.63. The quantitative estimate of drug-likeness (QED) is 0.647. The smallest absolute Gasteiger partial charge is 0.223 e. The fourth-order valence-corrected chi connectivity index (χ4v) is 2.96. The molecule has 0 radical (unpaired) electrons. The van der Waals surface area contributed by atoms with Crippen molar-refractivity contribution in [3.05, 3.63) is 59.9 Å². The van der Waals surface area contributed by atoms with Crippen molar-refractivity contribution in [2.45, 2.75) is 44.7 Å². The van der Waals surface area contributed by atoms with E-state index in [4.69, 9.17) is 4.74 Å². The Morgan fingerprint density at radius 1 is 1.15 bits per heavy atom. The van der Waals surface area contributed by atoms with Gasteiger partial charge in [-0.25, -0.2) is 0 Å². The van der Waals surface area contributed by atoms with Gasteiger partial charge in [-0.2, -0.15) is 0 Å². The molecule has 1 fully saturated rings. The van der Waals surface area contributed by atoms with Gasteiger partial charge in [-0.3, -0.25) is 14.6 Å². The molecule has 1 aliphatic rings. The van der Waals surface area contributed by atoms with Crippen LogP contribution in [0.2, 0.25) is 0 Å². The van der Waals surface area contributed by atoms with Crippen LogP contribution in [0, 0.1) is 0 Å². The van der Waals surface area contributed by atoms with Gasteiger partial charge in [-0.1, -0.05) is 6.07 Å². The number of hydrogen-bond donors (Lipinski definition) is 0. The number of benzene rings is 1. The zero-order valence-electron chi connectivity index (χ0n) is 15.1. The second-order valence-corrected chi connectivity index (χ2v) is 6.62. The molecule has 5 heteroatoms. The largest absolute Gasteiger partial charge is 0.497 e. The molecule has 5 nitrogen and oxygen atoms in total. The molecule has 1 aromatic carbocycles. The van der Waals surface area contributed by atoms with Crippen molar-refractivity contribution in [3.63, 3.8) is 0 Å². The van der Waals surface area contributed by atoms with Crippen LogP contribution in [0.15, 0.2) is 48.8 Å². The minimum Gasteiger partial charge on any atom is -0.497 e. The molecule has 0 atom stereocenters. The number of aromatic nitrogens is 1. The summed E-state index contributed by atoms with van der Waals surface area (Å²) in [5.41, 5.74) is 1.70. The molecule has 1 heterocycles. The fourth-order valence-electron chi connectivity index (χ4n) is 2.96. The van der Waals surface area contributed by atoms with E-state index in [0.29, 0.717) is 37.4 Å². The summed E-state index contributed by atoms with van der Waals surface area (Å²) in [6.45, 7) is 0.601. The van der Waals surface area contributed by atoms with Crippen molar-refractivity contribution in [3.8, 4) is 5.75 Å². The molecular weight excluding hydrogens is 328 g/mol. The first-order valence-electron chi connectivity index (χ1n) is 9.03. The second kappa shape index (κ2) is 8.61. The highest BCUT2D eigenvalue weighted by molar-refractivity contribution is 5.96. The highest BCUT2D eigenvalue weighted by atomic mass is 16.5. The minimum absolute atomic E-state index is 0.0608. The lowest BCUT2D eigenvalue weighted by Gasteiger charge is -2.22. The summed E-state index contributed by atoms with van der Waals surface area (Å²) < 4.78 is 5.10. The van der Waals surface area contributed by atoms with Crippen molar-refractivity contribution in [2.75, 3.05) is 7.11 Å². The van der Waals surface area contributed by atoms with Crippen LogP contribution < -0.4 is 4.74 Å². The number of hydrogen-bond acceptors (Lipinski definition) is 4. The van der Waals surface area contributed by atoms with Crippen molar-refractivity contribution >= 4 is 11.7 Å². The number of amides is 1. The summed E-state index contributed by atoms with van der Waals surface area (Å²) in [5.74, 6) is 0.914. The van der Waals surface area contributed by atoms with Crippen LogP contribution in [0.3, 0.4) is 0 Å². The van der Waals surface area contributed by atoms with E-state index in [1.165, 1.54) is 0 Å². The Labute approximate surface area is 154 Å². The average Bonchev–Trinajstić information content (AvgIpc) is 3.52. The molecule has 136 valence electrons. The molecule has 0 unspecified atom stereocenters. The number of ether oxygens (including phenoxy) is 1. The maximum absolute atomic E-state index is 12.6. The molecule has 0 spiro atoms. The molecule has 2 aromatic rings. The summed E-state index contributed by atoms with van der Waals surface area (Å²) in [5, 5.41) is 0. The number of ketones is 1. The van der Waals surface area contributed by atoms with E-state index in [-0.39, 0.29) is 11.7 Å². The monoisotopic (exact) mass is 352 g/mol. The highest BCUT2D eigenvalue weighted by Gasteiger charge is 2.32. The molecule has 1 amide bonds. The third-order valence-corrected chi connectivity index (χ3v) is 4.59. The average molecular weight is 352 g/mol. The molecule has 0 aliphatic heterocycles. The number of rotatable bonds is 9. The van der Waals surface area contributed by atoms with Crippen molar-refractivity contribution in [1.29, 1.82) is 0 Å². The standard InChI is InChI=1S/C21H24N2O3/c1-26-19-11-7-17(8-12-19)20(24)5-2-6-21(25)23(18-9-10-18)15-16-4-3-13-22-14-16/h3-4,7-8,11-14,18H,2,5-6,9-10,15H2,1H3. The van der Waals surface area contributed by atoms with Gasteiger partial charge >= 0.3 is 0 Å². The SMILES string of the molecule is COc1ccc(C(=O)CCCC(=O)N(Cc2cccnc2)C2CC2)cc1. The minimum atomic E-state index is 0.0608. The lowest BCUT2D eigenvalue weighted by molar-refractivity contribution is -0.132. The Bertz CT molecular complexity index is 740. The molecule has 0 N–H and O–H groups in total. The van der Waals surface area contributed by atoms with Gasteiger partial charge in [0.2, 0.25) is 5.91 Å².